The Morgan fingerprint density at radius 1 is 1.38 bits per heavy atom. The standard InChI is InChI=1S/C13H19NO2/c1-10-7-5-6-8-11(10)12(14(2)3)9-13(15)16-4/h5-8,12H,9H2,1-4H3. The van der Waals surface area contributed by atoms with Crippen LogP contribution in [0, 0.1) is 6.92 Å². The molecular weight excluding hydrogens is 202 g/mol. The number of carbonyl (C=O) groups excluding carboxylic acids is 1. The molecule has 0 radical (unpaired) electrons. The number of hydrogen-bond acceptors (Lipinski definition) is 3. The molecule has 3 nitrogen and oxygen atoms in total. The van der Waals surface area contributed by atoms with Crippen molar-refractivity contribution in [3.63, 3.8) is 0 Å². The van der Waals surface area contributed by atoms with Gasteiger partial charge in [-0.05, 0) is 32.1 Å². The Balaban J connectivity index is 2.94. The monoisotopic (exact) mass is 221 g/mol. The van der Waals surface area contributed by atoms with Crippen molar-refractivity contribution in [3.8, 4) is 0 Å². The van der Waals surface area contributed by atoms with Gasteiger partial charge < -0.3 is 9.64 Å². The molecule has 1 rings (SSSR count). The minimum absolute atomic E-state index is 0.0775. The summed E-state index contributed by atoms with van der Waals surface area (Å²) in [6, 6.07) is 8.19. The van der Waals surface area contributed by atoms with Crippen LogP contribution in [0.4, 0.5) is 0 Å². The maximum Gasteiger partial charge on any atom is 0.307 e. The molecule has 1 aromatic rings. The highest BCUT2D eigenvalue weighted by Crippen LogP contribution is 2.25. The largest absolute Gasteiger partial charge is 0.469 e. The van der Waals surface area contributed by atoms with Crippen LogP contribution in [-0.2, 0) is 9.53 Å². The topological polar surface area (TPSA) is 29.5 Å². The second-order valence-corrected chi connectivity index (χ2v) is 4.12. The lowest BCUT2D eigenvalue weighted by Crippen LogP contribution is -2.24. The lowest BCUT2D eigenvalue weighted by Gasteiger charge is -2.25. The minimum Gasteiger partial charge on any atom is -0.469 e. The van der Waals surface area contributed by atoms with Crippen molar-refractivity contribution < 1.29 is 9.53 Å². The van der Waals surface area contributed by atoms with E-state index < -0.39 is 0 Å². The molecule has 0 aliphatic heterocycles. The number of rotatable bonds is 4. The summed E-state index contributed by atoms with van der Waals surface area (Å²) in [5, 5.41) is 0. The average molecular weight is 221 g/mol. The zero-order valence-corrected chi connectivity index (χ0v) is 10.4. The molecular formula is C13H19NO2. The molecule has 0 bridgehead atoms. The van der Waals surface area contributed by atoms with Crippen molar-refractivity contribution in [1.82, 2.24) is 4.90 Å². The van der Waals surface area contributed by atoms with Gasteiger partial charge in [-0.25, -0.2) is 0 Å². The fourth-order valence-electron chi connectivity index (χ4n) is 1.77. The third-order valence-corrected chi connectivity index (χ3v) is 2.76. The summed E-state index contributed by atoms with van der Waals surface area (Å²) < 4.78 is 4.73. The molecule has 16 heavy (non-hydrogen) atoms. The maximum absolute atomic E-state index is 11.4. The third-order valence-electron chi connectivity index (χ3n) is 2.76. The van der Waals surface area contributed by atoms with Gasteiger partial charge in [0.1, 0.15) is 0 Å². The van der Waals surface area contributed by atoms with E-state index in [2.05, 4.69) is 19.1 Å². The van der Waals surface area contributed by atoms with Gasteiger partial charge in [0.05, 0.1) is 13.5 Å². The van der Waals surface area contributed by atoms with E-state index >= 15 is 0 Å². The number of benzene rings is 1. The zero-order chi connectivity index (χ0) is 12.1. The maximum atomic E-state index is 11.4. The summed E-state index contributed by atoms with van der Waals surface area (Å²) in [7, 11) is 5.37. The average Bonchev–Trinajstić information content (AvgIpc) is 2.26. The highest BCUT2D eigenvalue weighted by Gasteiger charge is 2.19. The van der Waals surface area contributed by atoms with Crippen LogP contribution >= 0.6 is 0 Å². The van der Waals surface area contributed by atoms with Crippen LogP contribution in [-0.4, -0.2) is 32.1 Å². The second kappa shape index (κ2) is 5.66. The quantitative estimate of drug-likeness (QED) is 0.730. The molecule has 0 aliphatic rings. The summed E-state index contributed by atoms with van der Waals surface area (Å²) in [6.45, 7) is 2.06. The normalized spacial score (nSPS) is 12.6. The number of hydrogen-bond donors (Lipinski definition) is 0. The first-order chi connectivity index (χ1) is 7.56. The molecule has 0 aliphatic carbocycles. The molecule has 1 aromatic carbocycles. The first-order valence-corrected chi connectivity index (χ1v) is 5.35. The van der Waals surface area contributed by atoms with Gasteiger partial charge in [0.25, 0.3) is 0 Å². The summed E-state index contributed by atoms with van der Waals surface area (Å²) >= 11 is 0. The van der Waals surface area contributed by atoms with Gasteiger partial charge in [-0.15, -0.1) is 0 Å². The van der Waals surface area contributed by atoms with E-state index in [1.165, 1.54) is 18.2 Å². The van der Waals surface area contributed by atoms with Gasteiger partial charge >= 0.3 is 5.97 Å². The summed E-state index contributed by atoms with van der Waals surface area (Å²) in [5.74, 6) is -0.179. The predicted octanol–water partition coefficient (Wildman–Crippen LogP) is 2.16. The highest BCUT2D eigenvalue weighted by atomic mass is 16.5. The number of carbonyl (C=O) groups is 1. The predicted molar refractivity (Wildman–Crippen MR) is 64.2 cm³/mol. The smallest absolute Gasteiger partial charge is 0.307 e. The van der Waals surface area contributed by atoms with E-state index in [4.69, 9.17) is 4.74 Å². The number of nitrogens with zero attached hydrogens (tertiary/aromatic N) is 1. The molecule has 3 heteroatoms. The molecule has 0 amide bonds. The van der Waals surface area contributed by atoms with Crippen LogP contribution in [0.5, 0.6) is 0 Å². The molecule has 0 spiro atoms. The lowest BCUT2D eigenvalue weighted by atomic mass is 9.98. The third kappa shape index (κ3) is 3.07. The summed E-state index contributed by atoms with van der Waals surface area (Å²) in [5.41, 5.74) is 2.38. The van der Waals surface area contributed by atoms with Crippen molar-refractivity contribution >= 4 is 5.97 Å². The van der Waals surface area contributed by atoms with Gasteiger partial charge in [0.2, 0.25) is 0 Å². The molecule has 0 N–H and O–H groups in total. The number of aryl methyl sites for hydroxylation is 1. The Labute approximate surface area is 97.0 Å². The number of esters is 1. The van der Waals surface area contributed by atoms with Crippen LogP contribution in [0.25, 0.3) is 0 Å². The summed E-state index contributed by atoms with van der Waals surface area (Å²) in [4.78, 5) is 13.4. The SMILES string of the molecule is COC(=O)CC(c1ccccc1C)N(C)C. The first-order valence-electron chi connectivity index (χ1n) is 5.35. The van der Waals surface area contributed by atoms with Crippen LogP contribution in [0.1, 0.15) is 23.6 Å². The molecule has 0 saturated carbocycles. The fraction of sp³-hybridized carbons (Fsp3) is 0.462. The number of ether oxygens (including phenoxy) is 1. The minimum atomic E-state index is -0.179. The van der Waals surface area contributed by atoms with E-state index in [0.717, 1.165) is 0 Å². The van der Waals surface area contributed by atoms with E-state index in [1.54, 1.807) is 0 Å². The van der Waals surface area contributed by atoms with E-state index in [1.807, 2.05) is 31.1 Å². The molecule has 0 saturated heterocycles. The van der Waals surface area contributed by atoms with Gasteiger partial charge in [0, 0.05) is 6.04 Å². The Morgan fingerprint density at radius 3 is 2.50 bits per heavy atom. The number of methoxy groups -OCH3 is 1. The Hall–Kier alpha value is -1.35. The van der Waals surface area contributed by atoms with E-state index in [9.17, 15) is 4.79 Å². The molecule has 0 fully saturated rings. The van der Waals surface area contributed by atoms with Crippen molar-refractivity contribution in [3.05, 3.63) is 35.4 Å². The van der Waals surface area contributed by atoms with Crippen LogP contribution in [0.3, 0.4) is 0 Å². The van der Waals surface area contributed by atoms with Gasteiger partial charge in [0.15, 0.2) is 0 Å². The zero-order valence-electron chi connectivity index (χ0n) is 10.4. The molecule has 88 valence electrons. The molecule has 0 heterocycles. The van der Waals surface area contributed by atoms with Crippen molar-refractivity contribution in [2.75, 3.05) is 21.2 Å². The molecule has 0 aromatic heterocycles. The van der Waals surface area contributed by atoms with E-state index in [-0.39, 0.29) is 12.0 Å². The molecule has 1 atom stereocenters. The first kappa shape index (κ1) is 12.7. The summed E-state index contributed by atoms with van der Waals surface area (Å²) in [6.07, 6.45) is 0.383. The highest BCUT2D eigenvalue weighted by molar-refractivity contribution is 5.70. The van der Waals surface area contributed by atoms with Gasteiger partial charge in [-0.3, -0.25) is 4.79 Å². The Bertz CT molecular complexity index is 361. The van der Waals surface area contributed by atoms with Crippen LogP contribution < -0.4 is 0 Å². The van der Waals surface area contributed by atoms with Crippen molar-refractivity contribution in [1.29, 1.82) is 0 Å². The van der Waals surface area contributed by atoms with E-state index in [0.29, 0.717) is 6.42 Å². The van der Waals surface area contributed by atoms with Crippen LogP contribution in [0.15, 0.2) is 24.3 Å². The molecule has 1 unspecified atom stereocenters. The van der Waals surface area contributed by atoms with Crippen molar-refractivity contribution in [2.24, 2.45) is 0 Å². The Kier molecular flexibility index (Phi) is 4.50. The van der Waals surface area contributed by atoms with Gasteiger partial charge in [-0.2, -0.15) is 0 Å². The Morgan fingerprint density at radius 2 is 2.00 bits per heavy atom. The second-order valence-electron chi connectivity index (χ2n) is 4.12. The fourth-order valence-corrected chi connectivity index (χ4v) is 1.77. The lowest BCUT2D eigenvalue weighted by molar-refractivity contribution is -0.141. The van der Waals surface area contributed by atoms with Gasteiger partial charge in [-0.1, -0.05) is 24.3 Å². The van der Waals surface area contributed by atoms with Crippen molar-refractivity contribution in [2.45, 2.75) is 19.4 Å². The van der Waals surface area contributed by atoms with Crippen LogP contribution in [0.2, 0.25) is 0 Å².